The van der Waals surface area contributed by atoms with E-state index in [4.69, 9.17) is 9.47 Å². The Morgan fingerprint density at radius 3 is 2.42 bits per heavy atom. The Balaban J connectivity index is 1.53. The van der Waals surface area contributed by atoms with Crippen molar-refractivity contribution in [1.29, 1.82) is 0 Å². The van der Waals surface area contributed by atoms with Crippen LogP contribution in [0.3, 0.4) is 0 Å². The van der Waals surface area contributed by atoms with Gasteiger partial charge in [-0.2, -0.15) is 0 Å². The van der Waals surface area contributed by atoms with E-state index in [-0.39, 0.29) is 6.79 Å². The van der Waals surface area contributed by atoms with Crippen LogP contribution in [0.25, 0.3) is 0 Å². The molecule has 0 saturated carbocycles. The van der Waals surface area contributed by atoms with Crippen LogP contribution in [-0.2, 0) is 22.6 Å². The Morgan fingerprint density at radius 2 is 1.67 bits per heavy atom. The average molecular weight is 326 g/mol. The predicted octanol–water partition coefficient (Wildman–Crippen LogP) is 2.23. The second-order valence-corrected chi connectivity index (χ2v) is 5.37. The van der Waals surface area contributed by atoms with Gasteiger partial charge in [-0.25, -0.2) is 0 Å². The number of rotatable bonds is 4. The molecule has 3 rings (SSSR count). The molecule has 0 aromatic heterocycles. The molecule has 6 heteroatoms. The van der Waals surface area contributed by atoms with E-state index >= 15 is 0 Å². The number of hydrogen-bond acceptors (Lipinski definition) is 4. The number of anilines is 1. The first-order valence-corrected chi connectivity index (χ1v) is 7.72. The molecule has 0 saturated heterocycles. The summed E-state index contributed by atoms with van der Waals surface area (Å²) in [6, 6.07) is 12.9. The molecular weight excluding hydrogens is 308 g/mol. The van der Waals surface area contributed by atoms with Gasteiger partial charge in [-0.3, -0.25) is 9.59 Å². The fraction of sp³-hybridized carbons (Fsp3) is 0.222. The van der Waals surface area contributed by atoms with E-state index in [9.17, 15) is 9.59 Å². The van der Waals surface area contributed by atoms with Crippen LogP contribution < -0.4 is 20.1 Å². The second kappa shape index (κ2) is 7.04. The number of fused-ring (bicyclic) bond motifs is 1. The molecular formula is C18H18N2O4. The molecule has 0 aliphatic carbocycles. The first kappa shape index (κ1) is 15.9. The standard InChI is InChI=1S/C18H18N2O4/c1-2-12-3-5-13(6-4-12)10-19-17(21)18(22)20-14-7-8-15-16(9-14)24-11-23-15/h3-9H,2,10-11H2,1H3,(H,19,21)(H,20,22). The molecule has 0 radical (unpaired) electrons. The van der Waals surface area contributed by atoms with Crippen LogP contribution in [0.15, 0.2) is 42.5 Å². The van der Waals surface area contributed by atoms with E-state index in [1.54, 1.807) is 18.2 Å². The Kier molecular flexibility index (Phi) is 4.65. The van der Waals surface area contributed by atoms with Crippen LogP contribution in [-0.4, -0.2) is 18.6 Å². The molecule has 2 aromatic rings. The van der Waals surface area contributed by atoms with E-state index in [1.165, 1.54) is 5.56 Å². The zero-order chi connectivity index (χ0) is 16.9. The lowest BCUT2D eigenvalue weighted by Crippen LogP contribution is -2.34. The highest BCUT2D eigenvalue weighted by Gasteiger charge is 2.17. The van der Waals surface area contributed by atoms with Gasteiger partial charge in [0.15, 0.2) is 11.5 Å². The first-order chi connectivity index (χ1) is 11.7. The topological polar surface area (TPSA) is 76.7 Å². The van der Waals surface area contributed by atoms with Crippen LogP contribution in [0.4, 0.5) is 5.69 Å². The van der Waals surface area contributed by atoms with Crippen LogP contribution in [0, 0.1) is 0 Å². The van der Waals surface area contributed by atoms with Crippen molar-refractivity contribution in [3.8, 4) is 11.5 Å². The van der Waals surface area contributed by atoms with Crippen molar-refractivity contribution < 1.29 is 19.1 Å². The zero-order valence-electron chi connectivity index (χ0n) is 13.3. The largest absolute Gasteiger partial charge is 0.454 e. The number of amides is 2. The highest BCUT2D eigenvalue weighted by Crippen LogP contribution is 2.34. The normalized spacial score (nSPS) is 11.9. The second-order valence-electron chi connectivity index (χ2n) is 5.37. The van der Waals surface area contributed by atoms with Crippen molar-refractivity contribution in [2.45, 2.75) is 19.9 Å². The molecule has 0 atom stereocenters. The van der Waals surface area contributed by atoms with Gasteiger partial charge in [-0.1, -0.05) is 31.2 Å². The lowest BCUT2D eigenvalue weighted by molar-refractivity contribution is -0.136. The lowest BCUT2D eigenvalue weighted by Gasteiger charge is -2.08. The summed E-state index contributed by atoms with van der Waals surface area (Å²) >= 11 is 0. The number of aryl methyl sites for hydroxylation is 1. The van der Waals surface area contributed by atoms with Gasteiger partial charge in [0.05, 0.1) is 0 Å². The van der Waals surface area contributed by atoms with Crippen molar-refractivity contribution in [3.05, 3.63) is 53.6 Å². The van der Waals surface area contributed by atoms with E-state index in [2.05, 4.69) is 17.6 Å². The van der Waals surface area contributed by atoms with E-state index in [0.717, 1.165) is 12.0 Å². The smallest absolute Gasteiger partial charge is 0.313 e. The average Bonchev–Trinajstić information content (AvgIpc) is 3.07. The molecule has 2 amide bonds. The summed E-state index contributed by atoms with van der Waals surface area (Å²) in [5.41, 5.74) is 2.65. The number of hydrogen-bond donors (Lipinski definition) is 2. The van der Waals surface area contributed by atoms with Crippen molar-refractivity contribution >= 4 is 17.5 Å². The lowest BCUT2D eigenvalue weighted by atomic mass is 10.1. The van der Waals surface area contributed by atoms with Crippen LogP contribution in [0.2, 0.25) is 0 Å². The molecule has 0 unspecified atom stereocenters. The van der Waals surface area contributed by atoms with E-state index in [0.29, 0.717) is 23.7 Å². The third-order valence-corrected chi connectivity index (χ3v) is 3.72. The SMILES string of the molecule is CCc1ccc(CNC(=O)C(=O)Nc2ccc3c(c2)OCO3)cc1. The molecule has 1 aliphatic heterocycles. The van der Waals surface area contributed by atoms with Crippen molar-refractivity contribution in [3.63, 3.8) is 0 Å². The van der Waals surface area contributed by atoms with Gasteiger partial charge in [0, 0.05) is 18.3 Å². The van der Waals surface area contributed by atoms with Crippen LogP contribution >= 0.6 is 0 Å². The minimum Gasteiger partial charge on any atom is -0.454 e. The summed E-state index contributed by atoms with van der Waals surface area (Å²) in [5.74, 6) is -0.247. The van der Waals surface area contributed by atoms with Crippen molar-refractivity contribution in [1.82, 2.24) is 5.32 Å². The zero-order valence-corrected chi connectivity index (χ0v) is 13.3. The molecule has 2 N–H and O–H groups in total. The maximum Gasteiger partial charge on any atom is 0.313 e. The Morgan fingerprint density at radius 1 is 0.958 bits per heavy atom. The minimum absolute atomic E-state index is 0.157. The third-order valence-electron chi connectivity index (χ3n) is 3.72. The van der Waals surface area contributed by atoms with Gasteiger partial charge in [0.25, 0.3) is 0 Å². The fourth-order valence-electron chi connectivity index (χ4n) is 2.32. The molecule has 24 heavy (non-hydrogen) atoms. The molecule has 0 bridgehead atoms. The summed E-state index contributed by atoms with van der Waals surface area (Å²) in [6.07, 6.45) is 0.963. The summed E-state index contributed by atoms with van der Waals surface area (Å²) in [6.45, 7) is 2.54. The summed E-state index contributed by atoms with van der Waals surface area (Å²) in [5, 5.41) is 5.14. The summed E-state index contributed by atoms with van der Waals surface area (Å²) < 4.78 is 10.4. The maximum atomic E-state index is 11.9. The Labute approximate surface area is 139 Å². The Hall–Kier alpha value is -3.02. The van der Waals surface area contributed by atoms with Crippen molar-refractivity contribution in [2.75, 3.05) is 12.1 Å². The number of benzene rings is 2. The fourth-order valence-corrected chi connectivity index (χ4v) is 2.32. The van der Waals surface area contributed by atoms with Crippen LogP contribution in [0.1, 0.15) is 18.1 Å². The van der Waals surface area contributed by atoms with Crippen molar-refractivity contribution in [2.24, 2.45) is 0 Å². The summed E-state index contributed by atoms with van der Waals surface area (Å²) in [7, 11) is 0. The monoisotopic (exact) mass is 326 g/mol. The molecule has 6 nitrogen and oxygen atoms in total. The third kappa shape index (κ3) is 3.65. The quantitative estimate of drug-likeness (QED) is 0.845. The van der Waals surface area contributed by atoms with Crippen LogP contribution in [0.5, 0.6) is 11.5 Å². The molecule has 1 heterocycles. The van der Waals surface area contributed by atoms with Gasteiger partial charge in [0.1, 0.15) is 0 Å². The summed E-state index contributed by atoms with van der Waals surface area (Å²) in [4.78, 5) is 23.8. The van der Waals surface area contributed by atoms with Gasteiger partial charge < -0.3 is 20.1 Å². The van der Waals surface area contributed by atoms with Gasteiger partial charge in [0.2, 0.25) is 6.79 Å². The van der Waals surface area contributed by atoms with Gasteiger partial charge in [-0.15, -0.1) is 0 Å². The molecule has 0 fully saturated rings. The number of ether oxygens (including phenoxy) is 2. The van der Waals surface area contributed by atoms with E-state index < -0.39 is 11.8 Å². The first-order valence-electron chi connectivity index (χ1n) is 7.72. The Bertz CT molecular complexity index is 756. The van der Waals surface area contributed by atoms with Gasteiger partial charge >= 0.3 is 11.8 Å². The molecule has 1 aliphatic rings. The number of carbonyl (C=O) groups is 2. The molecule has 2 aromatic carbocycles. The minimum atomic E-state index is -0.723. The van der Waals surface area contributed by atoms with E-state index in [1.807, 2.05) is 24.3 Å². The number of nitrogens with one attached hydrogen (secondary N) is 2. The predicted molar refractivity (Wildman–Crippen MR) is 88.9 cm³/mol. The highest BCUT2D eigenvalue weighted by molar-refractivity contribution is 6.39. The highest BCUT2D eigenvalue weighted by atomic mass is 16.7. The number of carbonyl (C=O) groups excluding carboxylic acids is 2. The maximum absolute atomic E-state index is 11.9. The van der Waals surface area contributed by atoms with Gasteiger partial charge in [-0.05, 0) is 29.7 Å². The molecule has 124 valence electrons. The molecule has 0 spiro atoms.